The molecule has 0 radical (unpaired) electrons. The van der Waals surface area contributed by atoms with Crippen molar-refractivity contribution in [1.29, 1.82) is 0 Å². The molecule has 1 saturated heterocycles. The highest BCUT2D eigenvalue weighted by Crippen LogP contribution is 2.21. The molecule has 20 N–H and O–H groups in total. The zero-order valence-electron chi connectivity index (χ0n) is 48.6. The summed E-state index contributed by atoms with van der Waals surface area (Å²) >= 11 is 9.96. The second kappa shape index (κ2) is 38.6. The van der Waals surface area contributed by atoms with Gasteiger partial charge in [-0.15, -0.1) is 0 Å². The van der Waals surface area contributed by atoms with Gasteiger partial charge in [0.1, 0.15) is 48.3 Å². The number of nitrogens with one attached hydrogen (secondary N) is 11. The molecule has 2 heterocycles. The van der Waals surface area contributed by atoms with E-state index in [2.05, 4.69) is 88.4 Å². The van der Waals surface area contributed by atoms with E-state index in [0.717, 1.165) is 10.9 Å². The molecule has 1 aliphatic heterocycles. The van der Waals surface area contributed by atoms with Crippen LogP contribution < -0.4 is 76.1 Å². The Morgan fingerprint density at radius 3 is 1.87 bits per heavy atom. The van der Waals surface area contributed by atoms with E-state index in [0.29, 0.717) is 37.1 Å². The van der Waals surface area contributed by atoms with Crippen LogP contribution in [-0.2, 0) is 64.0 Å². The fraction of sp³-hybridized carbons (Fsp3) is 0.604. The van der Waals surface area contributed by atoms with Crippen LogP contribution in [0.1, 0.15) is 77.2 Å². The fourth-order valence-electron chi connectivity index (χ4n) is 8.96. The van der Waals surface area contributed by atoms with Gasteiger partial charge in [0.25, 0.3) is 0 Å². The van der Waals surface area contributed by atoms with Crippen molar-refractivity contribution in [2.75, 3.05) is 69.3 Å². The smallest absolute Gasteiger partial charge is 0.326 e. The van der Waals surface area contributed by atoms with E-state index in [-0.39, 0.29) is 88.0 Å². The van der Waals surface area contributed by atoms with E-state index in [1.807, 2.05) is 12.3 Å². The first-order chi connectivity index (χ1) is 41.0. The lowest BCUT2D eigenvalue weighted by Gasteiger charge is -2.28. The maximum absolute atomic E-state index is 14.3. The molecule has 1 aromatic heterocycles. The van der Waals surface area contributed by atoms with Crippen LogP contribution in [0.2, 0.25) is 0 Å². The molecule has 30 nitrogen and oxygen atoms in total. The molecule has 2 aromatic rings. The maximum Gasteiger partial charge on any atom is 0.326 e. The summed E-state index contributed by atoms with van der Waals surface area (Å²) in [5.41, 5.74) is 23.3. The van der Waals surface area contributed by atoms with Crippen molar-refractivity contribution in [2.45, 2.75) is 126 Å². The number of fused-ring (bicyclic) bond motifs is 1. The summed E-state index contributed by atoms with van der Waals surface area (Å²) < 4.78 is 0. The molecular formula is C53H85N17O13S3. The molecule has 0 saturated carbocycles. The van der Waals surface area contributed by atoms with Crippen LogP contribution >= 0.6 is 37.0 Å². The predicted molar refractivity (Wildman–Crippen MR) is 329 cm³/mol. The van der Waals surface area contributed by atoms with Gasteiger partial charge in [-0.3, -0.25) is 57.7 Å². The van der Waals surface area contributed by atoms with Crippen molar-refractivity contribution < 1.29 is 62.6 Å². The number of rotatable bonds is 39. The molecule has 11 amide bonds. The molecule has 8 atom stereocenters. The SMILES string of the molecule is CSCC[C@H](NC(=O)CN)C(=O)N[C@@H](CS)C(=O)NCC(=O)N1CCC[C@H]1C(=O)N[C@@H](CCCN=C(N)N)C(=O)N[C@@H](CS)C(=O)N[C@@H](CC(C)C)C(=O)N[C@@H](Cc1c[nH]c2ccccc12)C(=O)NCC(=O)NCC(=O)N[C@@H](CCCCN)C(=O)O. The minimum atomic E-state index is -1.41. The first-order valence-electron chi connectivity index (χ1n) is 28.1. The Balaban J connectivity index is 1.75. The molecule has 3 rings (SSSR count). The number of thiol groups is 2. The van der Waals surface area contributed by atoms with E-state index in [1.165, 1.54) is 16.7 Å². The zero-order chi connectivity index (χ0) is 63.9. The largest absolute Gasteiger partial charge is 0.480 e. The quantitative estimate of drug-likeness (QED) is 0.0129. The molecule has 1 fully saturated rings. The second-order valence-corrected chi connectivity index (χ2v) is 22.3. The molecule has 0 unspecified atom stereocenters. The number of aromatic amines is 1. The number of nitrogens with zero attached hydrogens (tertiary/aromatic N) is 2. The number of thioether (sulfide) groups is 1. The molecule has 0 bridgehead atoms. The summed E-state index contributed by atoms with van der Waals surface area (Å²) in [6, 6.07) is -2.69. The lowest BCUT2D eigenvalue weighted by atomic mass is 10.0. The lowest BCUT2D eigenvalue weighted by Crippen LogP contribution is -2.60. The molecule has 33 heteroatoms. The number of aromatic nitrogens is 1. The van der Waals surface area contributed by atoms with Crippen LogP contribution in [0.25, 0.3) is 10.9 Å². The van der Waals surface area contributed by atoms with E-state index in [1.54, 1.807) is 38.2 Å². The minimum absolute atomic E-state index is 0.0397. The number of carboxylic acids is 1. The summed E-state index contributed by atoms with van der Waals surface area (Å²) in [6.45, 7) is 1.91. The average molecular weight is 1260 g/mol. The summed E-state index contributed by atoms with van der Waals surface area (Å²) in [7, 11) is 0. The number of nitrogens with two attached hydrogens (primary N) is 4. The fourth-order valence-corrected chi connectivity index (χ4v) is 9.95. The van der Waals surface area contributed by atoms with E-state index < -0.39 is 139 Å². The zero-order valence-corrected chi connectivity index (χ0v) is 51.2. The number of amides is 11. The van der Waals surface area contributed by atoms with Crippen molar-refractivity contribution in [3.63, 3.8) is 0 Å². The van der Waals surface area contributed by atoms with Gasteiger partial charge in [-0.05, 0) is 93.9 Å². The van der Waals surface area contributed by atoms with Gasteiger partial charge in [0.05, 0.1) is 26.2 Å². The van der Waals surface area contributed by atoms with Gasteiger partial charge in [0.2, 0.25) is 65.0 Å². The van der Waals surface area contributed by atoms with Gasteiger partial charge in [0.15, 0.2) is 5.96 Å². The molecule has 0 spiro atoms. The van der Waals surface area contributed by atoms with Crippen LogP contribution in [0.15, 0.2) is 35.5 Å². The number of likely N-dealkylation sites (tertiary alicyclic amines) is 1. The van der Waals surface area contributed by atoms with Crippen molar-refractivity contribution in [2.24, 2.45) is 33.8 Å². The molecule has 478 valence electrons. The number of carbonyl (C=O) groups excluding carboxylic acids is 11. The van der Waals surface area contributed by atoms with Crippen LogP contribution in [0, 0.1) is 5.92 Å². The third kappa shape index (κ3) is 25.3. The maximum atomic E-state index is 14.3. The summed E-state index contributed by atoms with van der Waals surface area (Å²) in [5.74, 6) is -9.90. The van der Waals surface area contributed by atoms with E-state index in [9.17, 15) is 62.6 Å². The Labute approximate surface area is 513 Å². The number of hydrogen-bond acceptors (Lipinski definition) is 18. The Kier molecular flexibility index (Phi) is 32.8. The van der Waals surface area contributed by atoms with Gasteiger partial charge in [0, 0.05) is 48.1 Å². The molecule has 0 aliphatic carbocycles. The number of unbranched alkanes of at least 4 members (excludes halogenated alkanes) is 1. The Morgan fingerprint density at radius 1 is 0.674 bits per heavy atom. The molecular weight excluding hydrogens is 1180 g/mol. The van der Waals surface area contributed by atoms with Crippen molar-refractivity contribution in [3.05, 3.63) is 36.0 Å². The standard InChI is InChI=1S/C53H85N17O13S3/c1-29(2)20-36(49(79)67-37(21-30-23-59-32-11-5-4-10-31(30)32)45(75)61-24-42(72)60-25-43(73)64-35(52(82)83)12-6-7-16-54)66-50(80)39(28-85)69-47(77)33(13-8-17-58-53(56)57)65-51(81)40-14-9-18-70(40)44(74)26-62-46(76)38(27-84)68-48(78)34(15-19-86-3)63-41(71)22-55/h4-5,10-11,23,29,33-40,59,84-85H,6-9,12-22,24-28,54-55H2,1-3H3,(H,60,72)(H,61,75)(H,62,76)(H,63,71)(H,64,73)(H,65,81)(H,66,80)(H,67,79)(H,68,78)(H,69,77)(H,82,83)(H4,56,57,58)/t33-,34-,35-,36-,37-,38-,39-,40-/m0/s1. The number of guanidine groups is 1. The monoisotopic (exact) mass is 1260 g/mol. The first kappa shape index (κ1) is 72.9. The van der Waals surface area contributed by atoms with Crippen molar-refractivity contribution in [1.82, 2.24) is 63.1 Å². The summed E-state index contributed by atoms with van der Waals surface area (Å²) in [5, 5.41) is 35.6. The van der Waals surface area contributed by atoms with Crippen LogP contribution in [-0.4, -0.2) is 210 Å². The highest BCUT2D eigenvalue weighted by Gasteiger charge is 2.38. The van der Waals surface area contributed by atoms with Crippen molar-refractivity contribution >= 4 is 125 Å². The summed E-state index contributed by atoms with van der Waals surface area (Å²) in [4.78, 5) is 168. The number of benzene rings is 1. The Bertz CT molecular complexity index is 2680. The first-order valence-corrected chi connectivity index (χ1v) is 30.8. The van der Waals surface area contributed by atoms with Gasteiger partial charge >= 0.3 is 5.97 Å². The second-order valence-electron chi connectivity index (χ2n) is 20.6. The van der Waals surface area contributed by atoms with Crippen LogP contribution in [0.4, 0.5) is 0 Å². The van der Waals surface area contributed by atoms with Gasteiger partial charge in [-0.2, -0.15) is 37.0 Å². The van der Waals surface area contributed by atoms with E-state index in [4.69, 9.17) is 22.9 Å². The highest BCUT2D eigenvalue weighted by atomic mass is 32.2. The van der Waals surface area contributed by atoms with Gasteiger partial charge < -0.3 is 91.1 Å². The van der Waals surface area contributed by atoms with Crippen LogP contribution in [0.5, 0.6) is 0 Å². The lowest BCUT2D eigenvalue weighted by molar-refractivity contribution is -0.142. The molecule has 86 heavy (non-hydrogen) atoms. The number of aliphatic carboxylic acids is 1. The number of hydrogen-bond donors (Lipinski definition) is 18. The van der Waals surface area contributed by atoms with Gasteiger partial charge in [-0.25, -0.2) is 4.79 Å². The molecule has 1 aromatic carbocycles. The number of H-pyrrole nitrogens is 1. The third-order valence-electron chi connectivity index (χ3n) is 13.5. The number of para-hydroxylation sites is 1. The van der Waals surface area contributed by atoms with Crippen LogP contribution in [0.3, 0.4) is 0 Å². The number of carbonyl (C=O) groups is 12. The molecule has 1 aliphatic rings. The highest BCUT2D eigenvalue weighted by molar-refractivity contribution is 7.98. The minimum Gasteiger partial charge on any atom is -0.480 e. The number of aliphatic imine (C=N–C) groups is 1. The van der Waals surface area contributed by atoms with Crippen molar-refractivity contribution in [3.8, 4) is 0 Å². The Morgan fingerprint density at radius 2 is 1.24 bits per heavy atom. The topological polar surface area (TPSA) is 481 Å². The summed E-state index contributed by atoms with van der Waals surface area (Å²) in [6.07, 6.45) is 5.46. The predicted octanol–water partition coefficient (Wildman–Crippen LogP) is -4.67. The Hall–Kier alpha value is -7.36. The third-order valence-corrected chi connectivity index (χ3v) is 14.8. The average Bonchev–Trinajstić information content (AvgIpc) is 2.55. The number of carboxylic acid groups (broad SMARTS) is 1. The van der Waals surface area contributed by atoms with Gasteiger partial charge in [-0.1, -0.05) is 32.0 Å². The van der Waals surface area contributed by atoms with E-state index >= 15 is 0 Å². The normalized spacial score (nSPS) is 15.3.